The van der Waals surface area contributed by atoms with E-state index in [1.54, 1.807) is 12.3 Å². The molecule has 1 saturated heterocycles. The van der Waals surface area contributed by atoms with E-state index in [-0.39, 0.29) is 18.8 Å². The van der Waals surface area contributed by atoms with E-state index in [4.69, 9.17) is 15.6 Å². The molecule has 1 unspecified atom stereocenters. The van der Waals surface area contributed by atoms with Crippen LogP contribution in [0.2, 0.25) is 0 Å². The van der Waals surface area contributed by atoms with Crippen LogP contribution in [0.3, 0.4) is 0 Å². The zero-order chi connectivity index (χ0) is 17.1. The normalized spacial score (nSPS) is 23.8. The van der Waals surface area contributed by atoms with Gasteiger partial charge in [-0.15, -0.1) is 0 Å². The zero-order valence-electron chi connectivity index (χ0n) is 12.9. The van der Waals surface area contributed by atoms with E-state index in [2.05, 4.69) is 4.98 Å². The highest BCUT2D eigenvalue weighted by Crippen LogP contribution is 2.28. The second-order valence-electron chi connectivity index (χ2n) is 5.63. The lowest BCUT2D eigenvalue weighted by atomic mass is 10.1. The van der Waals surface area contributed by atoms with Crippen LogP contribution in [0.1, 0.15) is 23.8 Å². The number of nitrogen functional groups attached to an aromatic ring is 1. The van der Waals surface area contributed by atoms with Gasteiger partial charge in [-0.05, 0) is 11.6 Å². The first-order valence-corrected chi connectivity index (χ1v) is 7.64. The van der Waals surface area contributed by atoms with E-state index in [1.807, 2.05) is 36.4 Å². The van der Waals surface area contributed by atoms with Crippen molar-refractivity contribution in [2.75, 3.05) is 12.3 Å². The van der Waals surface area contributed by atoms with E-state index < -0.39 is 24.1 Å². The van der Waals surface area contributed by atoms with Gasteiger partial charge >= 0.3 is 5.69 Å². The Hall–Kier alpha value is -2.48. The molecule has 24 heavy (non-hydrogen) atoms. The number of rotatable bonds is 4. The van der Waals surface area contributed by atoms with Crippen LogP contribution in [-0.4, -0.2) is 38.6 Å². The predicted molar refractivity (Wildman–Crippen MR) is 89.9 cm³/mol. The number of aliphatic hydroxyl groups is 2. The number of aromatic nitrogens is 2. The standard InChI is InChI=1S/C17H19N3O4/c18-16-12(7-6-11-4-2-1-3-5-11)9-20(17(23)19-16)15-8-13(22)14(10-21)24-15/h1-7,9,13-15,21-22H,8,10H2,(H2,18,19,23)/t13?,14-,15-/m1/s1. The Balaban J connectivity index is 1.89. The fourth-order valence-corrected chi connectivity index (χ4v) is 2.63. The minimum Gasteiger partial charge on any atom is -0.394 e. The highest BCUT2D eigenvalue weighted by Gasteiger charge is 2.35. The molecule has 1 aromatic heterocycles. The number of nitrogens with two attached hydrogens (primary N) is 1. The number of hydrogen-bond donors (Lipinski definition) is 3. The van der Waals surface area contributed by atoms with E-state index in [1.165, 1.54) is 4.57 Å². The number of ether oxygens (including phenoxy) is 1. The molecule has 3 atom stereocenters. The Morgan fingerprint density at radius 3 is 2.75 bits per heavy atom. The molecule has 126 valence electrons. The molecular formula is C17H19N3O4. The lowest BCUT2D eigenvalue weighted by Crippen LogP contribution is -2.28. The number of nitrogens with zero attached hydrogens (tertiary/aromatic N) is 2. The summed E-state index contributed by atoms with van der Waals surface area (Å²) in [7, 11) is 0. The second kappa shape index (κ2) is 6.96. The van der Waals surface area contributed by atoms with Crippen molar-refractivity contribution in [2.45, 2.75) is 24.9 Å². The molecule has 0 spiro atoms. The number of benzene rings is 1. The number of hydrogen-bond acceptors (Lipinski definition) is 6. The first kappa shape index (κ1) is 16.4. The molecule has 1 fully saturated rings. The van der Waals surface area contributed by atoms with Crippen molar-refractivity contribution in [3.63, 3.8) is 0 Å². The highest BCUT2D eigenvalue weighted by molar-refractivity contribution is 5.73. The van der Waals surface area contributed by atoms with Gasteiger partial charge < -0.3 is 20.7 Å². The minimum absolute atomic E-state index is 0.126. The molecular weight excluding hydrogens is 310 g/mol. The van der Waals surface area contributed by atoms with Crippen LogP contribution in [0.5, 0.6) is 0 Å². The first-order chi connectivity index (χ1) is 11.6. The quantitative estimate of drug-likeness (QED) is 0.759. The van der Waals surface area contributed by atoms with Crippen molar-refractivity contribution < 1.29 is 14.9 Å². The smallest absolute Gasteiger partial charge is 0.351 e. The molecule has 2 aromatic rings. The zero-order valence-corrected chi connectivity index (χ0v) is 12.9. The Morgan fingerprint density at radius 1 is 1.33 bits per heavy atom. The van der Waals surface area contributed by atoms with Gasteiger partial charge in [-0.3, -0.25) is 4.57 Å². The second-order valence-corrected chi connectivity index (χ2v) is 5.63. The van der Waals surface area contributed by atoms with Gasteiger partial charge in [0.2, 0.25) is 0 Å². The SMILES string of the molecule is Nc1nc(=O)n([C@H]2CC(O)[C@@H](CO)O2)cc1C=Cc1ccccc1. The third-order valence-corrected chi connectivity index (χ3v) is 3.96. The van der Waals surface area contributed by atoms with E-state index in [0.717, 1.165) is 5.56 Å². The third kappa shape index (κ3) is 3.38. The first-order valence-electron chi connectivity index (χ1n) is 7.64. The van der Waals surface area contributed by atoms with E-state index in [0.29, 0.717) is 5.56 Å². The van der Waals surface area contributed by atoms with Gasteiger partial charge in [0.25, 0.3) is 0 Å². The van der Waals surface area contributed by atoms with E-state index in [9.17, 15) is 9.90 Å². The summed E-state index contributed by atoms with van der Waals surface area (Å²) in [5.74, 6) is 0.126. The summed E-state index contributed by atoms with van der Waals surface area (Å²) in [6, 6.07) is 9.65. The number of anilines is 1. The van der Waals surface area contributed by atoms with Gasteiger partial charge in [0, 0.05) is 18.2 Å². The highest BCUT2D eigenvalue weighted by atomic mass is 16.5. The molecule has 0 saturated carbocycles. The van der Waals surface area contributed by atoms with Crippen LogP contribution >= 0.6 is 0 Å². The van der Waals surface area contributed by atoms with Crippen molar-refractivity contribution in [2.24, 2.45) is 0 Å². The summed E-state index contributed by atoms with van der Waals surface area (Å²) in [6.07, 6.45) is 3.18. The van der Waals surface area contributed by atoms with Crippen LogP contribution in [-0.2, 0) is 4.74 Å². The molecule has 7 nitrogen and oxygen atoms in total. The minimum atomic E-state index is -0.826. The largest absolute Gasteiger partial charge is 0.394 e. The molecule has 2 heterocycles. The Morgan fingerprint density at radius 2 is 2.08 bits per heavy atom. The molecule has 7 heteroatoms. The molecule has 0 bridgehead atoms. The van der Waals surface area contributed by atoms with Gasteiger partial charge in [0.05, 0.1) is 12.7 Å². The molecule has 0 amide bonds. The van der Waals surface area contributed by atoms with Crippen molar-refractivity contribution in [1.29, 1.82) is 0 Å². The van der Waals surface area contributed by atoms with Gasteiger partial charge in [-0.2, -0.15) is 4.98 Å². The van der Waals surface area contributed by atoms with Crippen molar-refractivity contribution in [3.8, 4) is 0 Å². The average molecular weight is 329 g/mol. The summed E-state index contributed by atoms with van der Waals surface area (Å²) in [5, 5.41) is 19.0. The maximum atomic E-state index is 12.1. The summed E-state index contributed by atoms with van der Waals surface area (Å²) in [5.41, 5.74) is 6.83. The van der Waals surface area contributed by atoms with Crippen LogP contribution < -0.4 is 11.4 Å². The van der Waals surface area contributed by atoms with Crippen LogP contribution in [0, 0.1) is 0 Å². The summed E-state index contributed by atoms with van der Waals surface area (Å²) >= 11 is 0. The molecule has 0 aliphatic carbocycles. The van der Waals surface area contributed by atoms with Crippen LogP contribution in [0.15, 0.2) is 41.3 Å². The van der Waals surface area contributed by atoms with Crippen LogP contribution in [0.25, 0.3) is 12.2 Å². The molecule has 4 N–H and O–H groups in total. The van der Waals surface area contributed by atoms with Crippen LogP contribution in [0.4, 0.5) is 5.82 Å². The van der Waals surface area contributed by atoms with Gasteiger partial charge in [0.1, 0.15) is 18.1 Å². The molecule has 1 aliphatic heterocycles. The Labute approximate surface area is 138 Å². The van der Waals surface area contributed by atoms with Crippen molar-refractivity contribution in [1.82, 2.24) is 9.55 Å². The summed E-state index contributed by atoms with van der Waals surface area (Å²) in [4.78, 5) is 15.9. The van der Waals surface area contributed by atoms with Gasteiger partial charge in [0.15, 0.2) is 0 Å². The fraction of sp³-hybridized carbons (Fsp3) is 0.294. The topological polar surface area (TPSA) is 111 Å². The molecule has 1 aromatic carbocycles. The third-order valence-electron chi connectivity index (χ3n) is 3.96. The number of aliphatic hydroxyl groups excluding tert-OH is 2. The predicted octanol–water partition coefficient (Wildman–Crippen LogP) is 0.637. The Kier molecular flexibility index (Phi) is 4.75. The van der Waals surface area contributed by atoms with E-state index >= 15 is 0 Å². The molecule has 0 radical (unpaired) electrons. The van der Waals surface area contributed by atoms with Crippen molar-refractivity contribution >= 4 is 18.0 Å². The maximum absolute atomic E-state index is 12.1. The summed E-state index contributed by atoms with van der Waals surface area (Å²) in [6.45, 7) is -0.310. The lowest BCUT2D eigenvalue weighted by molar-refractivity contribution is -0.0458. The molecule has 1 aliphatic rings. The summed E-state index contributed by atoms with van der Waals surface area (Å²) < 4.78 is 6.80. The average Bonchev–Trinajstić information content (AvgIpc) is 2.95. The van der Waals surface area contributed by atoms with Gasteiger partial charge in [-0.25, -0.2) is 4.79 Å². The Bertz CT molecular complexity index is 788. The fourth-order valence-electron chi connectivity index (χ4n) is 2.63. The van der Waals surface area contributed by atoms with Crippen molar-refractivity contribution in [3.05, 3.63) is 58.1 Å². The lowest BCUT2D eigenvalue weighted by Gasteiger charge is -2.15. The maximum Gasteiger partial charge on any atom is 0.351 e. The van der Waals surface area contributed by atoms with Gasteiger partial charge in [-0.1, -0.05) is 36.4 Å². The monoisotopic (exact) mass is 329 g/mol. The molecule has 3 rings (SSSR count).